The van der Waals surface area contributed by atoms with E-state index < -0.39 is 0 Å². The maximum Gasteiger partial charge on any atom is 0.258 e. The molecule has 0 aliphatic carbocycles. The first-order valence-electron chi connectivity index (χ1n) is 6.58. The zero-order chi connectivity index (χ0) is 14.8. The molecule has 0 fully saturated rings. The van der Waals surface area contributed by atoms with E-state index in [0.717, 1.165) is 15.9 Å². The average molecular weight is 348 g/mol. The van der Waals surface area contributed by atoms with Crippen molar-refractivity contribution >= 4 is 27.5 Å². The van der Waals surface area contributed by atoms with Gasteiger partial charge in [0.05, 0.1) is 23.8 Å². The van der Waals surface area contributed by atoms with Gasteiger partial charge in [0.15, 0.2) is 0 Å². The van der Waals surface area contributed by atoms with Crippen LogP contribution in [0.3, 0.4) is 0 Å². The van der Waals surface area contributed by atoms with Crippen LogP contribution in [-0.4, -0.2) is 26.2 Å². The van der Waals surface area contributed by atoms with Crippen molar-refractivity contribution < 1.29 is 14.3 Å². The molecule has 0 aromatic heterocycles. The molecule has 0 N–H and O–H groups in total. The lowest BCUT2D eigenvalue weighted by Gasteiger charge is -2.29. The number of amides is 1. The summed E-state index contributed by atoms with van der Waals surface area (Å²) in [5.74, 6) is 1.40. The zero-order valence-electron chi connectivity index (χ0n) is 11.5. The Bertz CT molecular complexity index is 687. The smallest absolute Gasteiger partial charge is 0.258 e. The first-order chi connectivity index (χ1) is 10.2. The second-order valence-electron chi connectivity index (χ2n) is 4.62. The molecule has 108 valence electrons. The Balaban J connectivity index is 1.95. The number of methoxy groups -OCH3 is 1. The van der Waals surface area contributed by atoms with Gasteiger partial charge in [0.1, 0.15) is 18.1 Å². The van der Waals surface area contributed by atoms with E-state index in [0.29, 0.717) is 24.5 Å². The van der Waals surface area contributed by atoms with E-state index in [9.17, 15) is 4.79 Å². The van der Waals surface area contributed by atoms with E-state index in [-0.39, 0.29) is 5.91 Å². The number of carbonyl (C=O) groups is 1. The van der Waals surface area contributed by atoms with E-state index in [4.69, 9.17) is 9.47 Å². The van der Waals surface area contributed by atoms with Gasteiger partial charge in [0.25, 0.3) is 5.91 Å². The largest absolute Gasteiger partial charge is 0.496 e. The lowest BCUT2D eigenvalue weighted by atomic mass is 10.1. The SMILES string of the molecule is COc1ccc(C(=O)N2CCOc3ccccc32)cc1Br. The summed E-state index contributed by atoms with van der Waals surface area (Å²) in [5.41, 5.74) is 1.42. The molecule has 1 heterocycles. The van der Waals surface area contributed by atoms with Crippen molar-refractivity contribution in [2.75, 3.05) is 25.2 Å². The number of fused-ring (bicyclic) bond motifs is 1. The summed E-state index contributed by atoms with van der Waals surface area (Å²) in [5, 5.41) is 0. The third-order valence-corrected chi connectivity index (χ3v) is 3.99. The number of para-hydroxylation sites is 2. The second kappa shape index (κ2) is 5.77. The molecule has 0 radical (unpaired) electrons. The van der Waals surface area contributed by atoms with E-state index >= 15 is 0 Å². The Kier molecular flexibility index (Phi) is 3.84. The van der Waals surface area contributed by atoms with Crippen LogP contribution in [0.5, 0.6) is 11.5 Å². The van der Waals surface area contributed by atoms with Crippen molar-refractivity contribution in [3.63, 3.8) is 0 Å². The van der Waals surface area contributed by atoms with Crippen LogP contribution in [0.25, 0.3) is 0 Å². The number of carbonyl (C=O) groups excluding carboxylic acids is 1. The molecule has 5 heteroatoms. The molecule has 1 aliphatic heterocycles. The maximum atomic E-state index is 12.7. The average Bonchev–Trinajstić information content (AvgIpc) is 2.53. The highest BCUT2D eigenvalue weighted by Gasteiger charge is 2.24. The van der Waals surface area contributed by atoms with Gasteiger partial charge in [-0.05, 0) is 46.3 Å². The molecule has 2 aromatic carbocycles. The van der Waals surface area contributed by atoms with Gasteiger partial charge < -0.3 is 14.4 Å². The van der Waals surface area contributed by atoms with E-state index in [2.05, 4.69) is 15.9 Å². The van der Waals surface area contributed by atoms with Gasteiger partial charge in [-0.3, -0.25) is 4.79 Å². The highest BCUT2D eigenvalue weighted by Crippen LogP contribution is 2.33. The summed E-state index contributed by atoms with van der Waals surface area (Å²) in [6.45, 7) is 1.04. The predicted molar refractivity (Wildman–Crippen MR) is 84.3 cm³/mol. The molecule has 0 saturated carbocycles. The van der Waals surface area contributed by atoms with Crippen molar-refractivity contribution in [3.8, 4) is 11.5 Å². The van der Waals surface area contributed by atoms with Gasteiger partial charge in [0, 0.05) is 5.56 Å². The molecule has 0 bridgehead atoms. The topological polar surface area (TPSA) is 38.8 Å². The van der Waals surface area contributed by atoms with Crippen molar-refractivity contribution in [1.29, 1.82) is 0 Å². The number of halogens is 1. The number of benzene rings is 2. The van der Waals surface area contributed by atoms with Crippen LogP contribution in [0.1, 0.15) is 10.4 Å². The minimum absolute atomic E-state index is 0.0471. The van der Waals surface area contributed by atoms with Crippen LogP contribution in [-0.2, 0) is 0 Å². The van der Waals surface area contributed by atoms with Gasteiger partial charge in [-0.15, -0.1) is 0 Å². The van der Waals surface area contributed by atoms with Gasteiger partial charge in [-0.25, -0.2) is 0 Å². The van der Waals surface area contributed by atoms with E-state index in [1.54, 1.807) is 30.2 Å². The molecule has 2 aromatic rings. The fourth-order valence-electron chi connectivity index (χ4n) is 2.34. The molecule has 1 aliphatic rings. The van der Waals surface area contributed by atoms with Gasteiger partial charge in [-0.1, -0.05) is 12.1 Å². The van der Waals surface area contributed by atoms with Crippen LogP contribution in [0.2, 0.25) is 0 Å². The second-order valence-corrected chi connectivity index (χ2v) is 5.48. The van der Waals surface area contributed by atoms with Crippen molar-refractivity contribution in [3.05, 3.63) is 52.5 Å². The fourth-order valence-corrected chi connectivity index (χ4v) is 2.88. The summed E-state index contributed by atoms with van der Waals surface area (Å²) < 4.78 is 11.5. The normalized spacial score (nSPS) is 13.3. The van der Waals surface area contributed by atoms with Crippen molar-refractivity contribution in [1.82, 2.24) is 0 Å². The minimum atomic E-state index is -0.0471. The molecule has 0 unspecified atom stereocenters. The minimum Gasteiger partial charge on any atom is -0.496 e. The first kappa shape index (κ1) is 13.9. The lowest BCUT2D eigenvalue weighted by Crippen LogP contribution is -2.37. The Morgan fingerprint density at radius 3 is 2.86 bits per heavy atom. The maximum absolute atomic E-state index is 12.7. The molecule has 0 atom stereocenters. The van der Waals surface area contributed by atoms with Gasteiger partial charge >= 0.3 is 0 Å². The van der Waals surface area contributed by atoms with E-state index in [1.165, 1.54) is 0 Å². The zero-order valence-corrected chi connectivity index (χ0v) is 13.1. The van der Waals surface area contributed by atoms with Crippen LogP contribution in [0.15, 0.2) is 46.9 Å². The first-order valence-corrected chi connectivity index (χ1v) is 7.37. The predicted octanol–water partition coefficient (Wildman–Crippen LogP) is 3.50. The highest BCUT2D eigenvalue weighted by atomic mass is 79.9. The molecule has 0 saturated heterocycles. The number of nitrogens with zero attached hydrogens (tertiary/aromatic N) is 1. The third kappa shape index (κ3) is 2.61. The van der Waals surface area contributed by atoms with Gasteiger partial charge in [0.2, 0.25) is 0 Å². The van der Waals surface area contributed by atoms with Crippen LogP contribution >= 0.6 is 15.9 Å². The summed E-state index contributed by atoms with van der Waals surface area (Å²) in [7, 11) is 1.60. The van der Waals surface area contributed by atoms with Gasteiger partial charge in [-0.2, -0.15) is 0 Å². The number of hydrogen-bond acceptors (Lipinski definition) is 3. The number of hydrogen-bond donors (Lipinski definition) is 0. The summed E-state index contributed by atoms with van der Waals surface area (Å²) in [6, 6.07) is 12.9. The summed E-state index contributed by atoms with van der Waals surface area (Å²) in [4.78, 5) is 14.5. The monoisotopic (exact) mass is 347 g/mol. The number of ether oxygens (including phenoxy) is 2. The van der Waals surface area contributed by atoms with E-state index in [1.807, 2.05) is 24.3 Å². The van der Waals surface area contributed by atoms with Crippen molar-refractivity contribution in [2.45, 2.75) is 0 Å². The Morgan fingerprint density at radius 1 is 1.29 bits per heavy atom. The highest BCUT2D eigenvalue weighted by molar-refractivity contribution is 9.10. The summed E-state index contributed by atoms with van der Waals surface area (Å²) in [6.07, 6.45) is 0. The Morgan fingerprint density at radius 2 is 2.10 bits per heavy atom. The lowest BCUT2D eigenvalue weighted by molar-refractivity contribution is 0.0976. The number of anilines is 1. The molecule has 0 spiro atoms. The van der Waals surface area contributed by atoms with Crippen LogP contribution in [0.4, 0.5) is 5.69 Å². The number of rotatable bonds is 2. The van der Waals surface area contributed by atoms with Crippen LogP contribution in [0, 0.1) is 0 Å². The standard InChI is InChI=1S/C16H14BrNO3/c1-20-14-7-6-11(10-12(14)17)16(19)18-8-9-21-15-5-3-2-4-13(15)18/h2-7,10H,8-9H2,1H3. The quantitative estimate of drug-likeness (QED) is 0.834. The molecule has 1 amide bonds. The Labute approximate surface area is 131 Å². The molecule has 4 nitrogen and oxygen atoms in total. The molecular weight excluding hydrogens is 334 g/mol. The molecule has 21 heavy (non-hydrogen) atoms. The fraction of sp³-hybridized carbons (Fsp3) is 0.188. The summed E-state index contributed by atoms with van der Waals surface area (Å²) >= 11 is 3.41. The van der Waals surface area contributed by atoms with Crippen LogP contribution < -0.4 is 14.4 Å². The Hall–Kier alpha value is -2.01. The molecular formula is C16H14BrNO3. The molecule has 3 rings (SSSR count). The third-order valence-electron chi connectivity index (χ3n) is 3.37. The van der Waals surface area contributed by atoms with Crippen molar-refractivity contribution in [2.24, 2.45) is 0 Å².